The van der Waals surface area contributed by atoms with E-state index in [-0.39, 0.29) is 6.10 Å². The highest BCUT2D eigenvalue weighted by atomic mass is 16.3. The maximum atomic E-state index is 9.97. The zero-order valence-electron chi connectivity index (χ0n) is 12.3. The van der Waals surface area contributed by atoms with Crippen molar-refractivity contribution in [2.24, 2.45) is 5.92 Å². The lowest BCUT2D eigenvalue weighted by Gasteiger charge is -2.36. The summed E-state index contributed by atoms with van der Waals surface area (Å²) in [5.41, 5.74) is 2.54. The number of aliphatic hydroxyl groups excluding tert-OH is 1. The van der Waals surface area contributed by atoms with Crippen LogP contribution in [0, 0.1) is 5.92 Å². The van der Waals surface area contributed by atoms with E-state index >= 15 is 0 Å². The zero-order chi connectivity index (χ0) is 13.8. The number of rotatable bonds is 4. The first-order valence-corrected chi connectivity index (χ1v) is 7.38. The summed E-state index contributed by atoms with van der Waals surface area (Å²) >= 11 is 0. The summed E-state index contributed by atoms with van der Waals surface area (Å²) in [5.74, 6) is 0.421. The monoisotopic (exact) mass is 262 g/mol. The largest absolute Gasteiger partial charge is 0.391 e. The van der Waals surface area contributed by atoms with Crippen LogP contribution in [0.3, 0.4) is 0 Å². The number of aliphatic hydroxyl groups is 1. The van der Waals surface area contributed by atoms with Crippen LogP contribution in [0.2, 0.25) is 0 Å². The van der Waals surface area contributed by atoms with Crippen molar-refractivity contribution in [3.05, 3.63) is 29.8 Å². The first-order valence-electron chi connectivity index (χ1n) is 7.38. The molecule has 3 nitrogen and oxygen atoms in total. The molecule has 0 saturated carbocycles. The van der Waals surface area contributed by atoms with Gasteiger partial charge in [-0.15, -0.1) is 0 Å². The molecular weight excluding hydrogens is 236 g/mol. The third-order valence-electron chi connectivity index (χ3n) is 4.19. The van der Waals surface area contributed by atoms with Gasteiger partial charge in [0.1, 0.15) is 0 Å². The Labute approximate surface area is 116 Å². The molecular formula is C16H26N2O. The second-order valence-electron chi connectivity index (χ2n) is 5.65. The molecule has 3 heteroatoms. The van der Waals surface area contributed by atoms with Gasteiger partial charge in [0, 0.05) is 24.8 Å². The fourth-order valence-corrected chi connectivity index (χ4v) is 2.68. The standard InChI is InChI=1S/C16H26N2O/c1-4-17-13(3)14-5-7-15(8-6-14)18-10-9-12(2)16(19)11-18/h5-8,12-13,16-17,19H,4,9-11H2,1-3H3. The number of anilines is 1. The minimum absolute atomic E-state index is 0.200. The zero-order valence-corrected chi connectivity index (χ0v) is 12.3. The predicted molar refractivity (Wildman–Crippen MR) is 80.5 cm³/mol. The molecule has 2 N–H and O–H groups in total. The van der Waals surface area contributed by atoms with Gasteiger partial charge in [-0.1, -0.05) is 26.0 Å². The number of β-amino-alcohol motifs (C(OH)–C–C–N with tert-alkyl or cyclic N) is 1. The summed E-state index contributed by atoms with van der Waals surface area (Å²) in [4.78, 5) is 2.28. The Hall–Kier alpha value is -1.06. The Morgan fingerprint density at radius 3 is 2.63 bits per heavy atom. The van der Waals surface area contributed by atoms with Crippen molar-refractivity contribution in [3.8, 4) is 0 Å². The van der Waals surface area contributed by atoms with Crippen LogP contribution in [0.25, 0.3) is 0 Å². The van der Waals surface area contributed by atoms with Crippen LogP contribution in [0.1, 0.15) is 38.8 Å². The molecule has 0 spiro atoms. The predicted octanol–water partition coefficient (Wildman–Crippen LogP) is 2.56. The van der Waals surface area contributed by atoms with Crippen LogP contribution < -0.4 is 10.2 Å². The maximum Gasteiger partial charge on any atom is 0.0741 e. The summed E-state index contributed by atoms with van der Waals surface area (Å²) in [6.45, 7) is 9.22. The van der Waals surface area contributed by atoms with Crippen molar-refractivity contribution in [3.63, 3.8) is 0 Å². The Balaban J connectivity index is 2.02. The number of nitrogens with zero attached hydrogens (tertiary/aromatic N) is 1. The molecule has 0 amide bonds. The molecule has 1 aliphatic heterocycles. The van der Waals surface area contributed by atoms with E-state index < -0.39 is 0 Å². The van der Waals surface area contributed by atoms with E-state index in [1.54, 1.807) is 0 Å². The summed E-state index contributed by atoms with van der Waals surface area (Å²) in [7, 11) is 0. The summed E-state index contributed by atoms with van der Waals surface area (Å²) in [5, 5.41) is 13.4. The minimum Gasteiger partial charge on any atom is -0.391 e. The van der Waals surface area contributed by atoms with Crippen LogP contribution in [-0.2, 0) is 0 Å². The van der Waals surface area contributed by atoms with Crippen molar-refractivity contribution >= 4 is 5.69 Å². The number of hydrogen-bond donors (Lipinski definition) is 2. The van der Waals surface area contributed by atoms with Gasteiger partial charge in [0.25, 0.3) is 0 Å². The second-order valence-corrected chi connectivity index (χ2v) is 5.65. The Morgan fingerprint density at radius 1 is 1.37 bits per heavy atom. The number of hydrogen-bond acceptors (Lipinski definition) is 3. The first-order chi connectivity index (χ1) is 9.11. The highest BCUT2D eigenvalue weighted by Gasteiger charge is 2.24. The van der Waals surface area contributed by atoms with Gasteiger partial charge in [0.2, 0.25) is 0 Å². The molecule has 0 radical (unpaired) electrons. The van der Waals surface area contributed by atoms with Gasteiger partial charge in [0.15, 0.2) is 0 Å². The molecule has 1 heterocycles. The third-order valence-corrected chi connectivity index (χ3v) is 4.19. The van der Waals surface area contributed by atoms with Crippen molar-refractivity contribution in [1.29, 1.82) is 0 Å². The van der Waals surface area contributed by atoms with Gasteiger partial charge in [0.05, 0.1) is 6.10 Å². The van der Waals surface area contributed by atoms with E-state index in [1.165, 1.54) is 11.3 Å². The molecule has 3 atom stereocenters. The third kappa shape index (κ3) is 3.48. The topological polar surface area (TPSA) is 35.5 Å². The van der Waals surface area contributed by atoms with Crippen molar-refractivity contribution < 1.29 is 5.11 Å². The van der Waals surface area contributed by atoms with Gasteiger partial charge in [-0.25, -0.2) is 0 Å². The van der Waals surface area contributed by atoms with E-state index in [2.05, 4.69) is 55.3 Å². The van der Waals surface area contributed by atoms with Crippen molar-refractivity contribution in [2.45, 2.75) is 39.3 Å². The molecule has 2 rings (SSSR count). The molecule has 1 saturated heterocycles. The van der Waals surface area contributed by atoms with E-state index in [0.717, 1.165) is 26.1 Å². The van der Waals surface area contributed by atoms with E-state index in [1.807, 2.05) is 0 Å². The Kier molecular flexibility index (Phi) is 4.83. The first kappa shape index (κ1) is 14.4. The molecule has 1 aromatic carbocycles. The molecule has 19 heavy (non-hydrogen) atoms. The average molecular weight is 262 g/mol. The van der Waals surface area contributed by atoms with E-state index in [9.17, 15) is 5.11 Å². The maximum absolute atomic E-state index is 9.97. The van der Waals surface area contributed by atoms with E-state index in [0.29, 0.717) is 12.0 Å². The van der Waals surface area contributed by atoms with E-state index in [4.69, 9.17) is 0 Å². The molecule has 0 bridgehead atoms. The molecule has 3 unspecified atom stereocenters. The Morgan fingerprint density at radius 2 is 2.05 bits per heavy atom. The van der Waals surface area contributed by atoms with Crippen LogP contribution in [0.5, 0.6) is 0 Å². The van der Waals surface area contributed by atoms with Crippen molar-refractivity contribution in [1.82, 2.24) is 5.32 Å². The average Bonchev–Trinajstić information content (AvgIpc) is 2.42. The molecule has 106 valence electrons. The van der Waals surface area contributed by atoms with Gasteiger partial charge in [-0.2, -0.15) is 0 Å². The van der Waals surface area contributed by atoms with Crippen LogP contribution >= 0.6 is 0 Å². The fraction of sp³-hybridized carbons (Fsp3) is 0.625. The minimum atomic E-state index is -0.200. The molecule has 0 aromatic heterocycles. The number of benzene rings is 1. The quantitative estimate of drug-likeness (QED) is 0.875. The lowest BCUT2D eigenvalue weighted by Crippen LogP contribution is -2.42. The lowest BCUT2D eigenvalue weighted by atomic mass is 9.95. The van der Waals surface area contributed by atoms with Gasteiger partial charge < -0.3 is 15.3 Å². The van der Waals surface area contributed by atoms with Crippen LogP contribution in [0.15, 0.2) is 24.3 Å². The lowest BCUT2D eigenvalue weighted by molar-refractivity contribution is 0.103. The molecule has 1 fully saturated rings. The SMILES string of the molecule is CCNC(C)c1ccc(N2CCC(C)C(O)C2)cc1. The number of nitrogens with one attached hydrogen (secondary N) is 1. The summed E-state index contributed by atoms with van der Waals surface area (Å²) in [6.07, 6.45) is 0.866. The number of piperidine rings is 1. The van der Waals surface area contributed by atoms with Crippen molar-refractivity contribution in [2.75, 3.05) is 24.5 Å². The van der Waals surface area contributed by atoms with Crippen LogP contribution in [-0.4, -0.2) is 30.8 Å². The summed E-state index contributed by atoms with van der Waals surface area (Å²) in [6, 6.07) is 9.11. The Bertz CT molecular complexity index is 390. The highest BCUT2D eigenvalue weighted by molar-refractivity contribution is 5.48. The second kappa shape index (κ2) is 6.40. The summed E-state index contributed by atoms with van der Waals surface area (Å²) < 4.78 is 0. The van der Waals surface area contributed by atoms with Gasteiger partial charge in [-0.05, 0) is 43.5 Å². The smallest absolute Gasteiger partial charge is 0.0741 e. The molecule has 1 aliphatic rings. The van der Waals surface area contributed by atoms with Gasteiger partial charge in [-0.3, -0.25) is 0 Å². The fourth-order valence-electron chi connectivity index (χ4n) is 2.68. The molecule has 0 aliphatic carbocycles. The molecule has 1 aromatic rings. The van der Waals surface area contributed by atoms with Gasteiger partial charge >= 0.3 is 0 Å². The van der Waals surface area contributed by atoms with Crippen LogP contribution in [0.4, 0.5) is 5.69 Å². The normalized spacial score (nSPS) is 25.4. The highest BCUT2D eigenvalue weighted by Crippen LogP contribution is 2.24.